The maximum absolute atomic E-state index is 9.10. The Morgan fingerprint density at radius 3 is 1.48 bits per heavy atom. The average molecular weight is 322 g/mol. The molecule has 0 rings (SSSR count). The fourth-order valence-corrected chi connectivity index (χ4v) is 2.98. The zero-order chi connectivity index (χ0) is 15.1. The summed E-state index contributed by atoms with van der Waals surface area (Å²) in [6, 6.07) is 0. The number of rotatable bonds is 15. The van der Waals surface area contributed by atoms with Crippen LogP contribution in [-0.4, -0.2) is 42.9 Å². The molecule has 0 heterocycles. The molecule has 0 aliphatic carbocycles. The van der Waals surface area contributed by atoms with E-state index in [-0.39, 0.29) is 12.4 Å². The van der Waals surface area contributed by atoms with E-state index < -0.39 is 0 Å². The predicted molar refractivity (Wildman–Crippen MR) is 90.0 cm³/mol. The monoisotopic (exact) mass is 321 g/mol. The van der Waals surface area contributed by atoms with Crippen LogP contribution < -0.4 is 12.4 Å². The molecular formula is C18H40ClNO. The van der Waals surface area contributed by atoms with Crippen LogP contribution in [0.15, 0.2) is 0 Å². The van der Waals surface area contributed by atoms with Crippen molar-refractivity contribution >= 4 is 0 Å². The number of halogens is 1. The maximum Gasteiger partial charge on any atom is 0.0806 e. The number of hydrogen-bond donors (Lipinski definition) is 1. The van der Waals surface area contributed by atoms with Gasteiger partial charge in [-0.05, 0) is 25.7 Å². The summed E-state index contributed by atoms with van der Waals surface area (Å²) in [4.78, 5) is 0. The number of unbranched alkanes of at least 4 members (excludes halogenated alkanes) is 8. The minimum atomic E-state index is 0. The van der Waals surface area contributed by atoms with Gasteiger partial charge in [-0.3, -0.25) is 0 Å². The van der Waals surface area contributed by atoms with Gasteiger partial charge in [-0.2, -0.15) is 0 Å². The van der Waals surface area contributed by atoms with Crippen molar-refractivity contribution < 1.29 is 22.0 Å². The summed E-state index contributed by atoms with van der Waals surface area (Å²) in [6.45, 7) is 8.65. The van der Waals surface area contributed by atoms with Crippen molar-refractivity contribution in [2.75, 3.05) is 33.3 Å². The van der Waals surface area contributed by atoms with E-state index >= 15 is 0 Å². The molecule has 0 saturated carbocycles. The zero-order valence-corrected chi connectivity index (χ0v) is 15.6. The highest BCUT2D eigenvalue weighted by Gasteiger charge is 2.19. The second-order valence-electron chi connectivity index (χ2n) is 6.70. The molecule has 0 saturated heterocycles. The fraction of sp³-hybridized carbons (Fsp3) is 1.00. The maximum atomic E-state index is 9.10. The summed E-state index contributed by atoms with van der Waals surface area (Å²) < 4.78 is 1.18. The summed E-state index contributed by atoms with van der Waals surface area (Å²) in [6.07, 6.45) is 14.7. The standard InChI is InChI=1S/C18H40NO.ClH/c1-4-6-8-10-11-13-16-19(3,17-14-18-20)15-12-9-7-5-2;/h20H,4-18H2,1-3H3;1H/q+1;/p-1. The molecule has 0 aliphatic rings. The van der Waals surface area contributed by atoms with E-state index in [9.17, 15) is 0 Å². The first-order valence-corrected chi connectivity index (χ1v) is 9.13. The van der Waals surface area contributed by atoms with Gasteiger partial charge in [0, 0.05) is 13.0 Å². The van der Waals surface area contributed by atoms with Gasteiger partial charge in [0.15, 0.2) is 0 Å². The second kappa shape index (κ2) is 16.6. The summed E-state index contributed by atoms with van der Waals surface area (Å²) in [5, 5.41) is 9.10. The van der Waals surface area contributed by atoms with E-state index in [1.54, 1.807) is 0 Å². The Bertz CT molecular complexity index is 202. The van der Waals surface area contributed by atoms with Gasteiger partial charge >= 0.3 is 0 Å². The summed E-state index contributed by atoms with van der Waals surface area (Å²) in [5.74, 6) is 0. The van der Waals surface area contributed by atoms with Crippen molar-refractivity contribution in [1.82, 2.24) is 0 Å². The third-order valence-electron chi connectivity index (χ3n) is 4.46. The normalized spacial score (nSPS) is 13.7. The number of nitrogens with zero attached hydrogens (tertiary/aromatic N) is 1. The predicted octanol–water partition coefficient (Wildman–Crippen LogP) is 1.76. The van der Waals surface area contributed by atoms with Crippen LogP contribution in [0.3, 0.4) is 0 Å². The molecule has 2 nitrogen and oxygen atoms in total. The van der Waals surface area contributed by atoms with Crippen LogP contribution in [-0.2, 0) is 0 Å². The van der Waals surface area contributed by atoms with Crippen LogP contribution in [0.4, 0.5) is 0 Å². The lowest BCUT2D eigenvalue weighted by Crippen LogP contribution is -3.00. The smallest absolute Gasteiger partial charge is 0.0806 e. The first-order chi connectivity index (χ1) is 9.68. The number of aliphatic hydroxyl groups excluding tert-OH is 1. The van der Waals surface area contributed by atoms with Crippen LogP contribution >= 0.6 is 0 Å². The van der Waals surface area contributed by atoms with Gasteiger partial charge in [0.05, 0.1) is 26.7 Å². The Kier molecular flexibility index (Phi) is 18.5. The molecule has 0 bridgehead atoms. The van der Waals surface area contributed by atoms with E-state index in [1.807, 2.05) is 0 Å². The van der Waals surface area contributed by atoms with Gasteiger partial charge in [0.25, 0.3) is 0 Å². The van der Waals surface area contributed by atoms with Crippen LogP contribution in [0.25, 0.3) is 0 Å². The molecule has 1 N–H and O–H groups in total. The Morgan fingerprint density at radius 2 is 1.00 bits per heavy atom. The first-order valence-electron chi connectivity index (χ1n) is 9.13. The molecule has 130 valence electrons. The minimum absolute atomic E-state index is 0. The van der Waals surface area contributed by atoms with Crippen LogP contribution in [0.1, 0.15) is 84.5 Å². The SMILES string of the molecule is CCCCCCCC[N+](C)(CCCO)CCCCCC.[Cl-]. The second-order valence-corrected chi connectivity index (χ2v) is 6.70. The molecule has 3 heteroatoms. The lowest BCUT2D eigenvalue weighted by atomic mass is 10.1. The molecule has 0 aliphatic heterocycles. The Balaban J connectivity index is 0. The van der Waals surface area contributed by atoms with Crippen molar-refractivity contribution in [3.05, 3.63) is 0 Å². The van der Waals surface area contributed by atoms with Crippen molar-refractivity contribution in [1.29, 1.82) is 0 Å². The highest BCUT2D eigenvalue weighted by Crippen LogP contribution is 2.13. The molecule has 1 atom stereocenters. The van der Waals surface area contributed by atoms with E-state index in [0.717, 1.165) is 13.0 Å². The third-order valence-corrected chi connectivity index (χ3v) is 4.46. The van der Waals surface area contributed by atoms with E-state index in [0.29, 0.717) is 6.61 Å². The zero-order valence-electron chi connectivity index (χ0n) is 14.9. The van der Waals surface area contributed by atoms with Gasteiger partial charge in [0.2, 0.25) is 0 Å². The van der Waals surface area contributed by atoms with Gasteiger partial charge in [-0.25, -0.2) is 0 Å². The van der Waals surface area contributed by atoms with Gasteiger partial charge in [-0.15, -0.1) is 0 Å². The molecule has 1 unspecified atom stereocenters. The average Bonchev–Trinajstić information content (AvgIpc) is 2.45. The fourth-order valence-electron chi connectivity index (χ4n) is 2.98. The van der Waals surface area contributed by atoms with Gasteiger partial charge in [0.1, 0.15) is 0 Å². The number of hydrogen-bond acceptors (Lipinski definition) is 1. The molecule has 0 fully saturated rings. The lowest BCUT2D eigenvalue weighted by Gasteiger charge is -2.35. The Morgan fingerprint density at radius 1 is 0.619 bits per heavy atom. The van der Waals surface area contributed by atoms with E-state index in [1.165, 1.54) is 81.8 Å². The van der Waals surface area contributed by atoms with Gasteiger partial charge < -0.3 is 22.0 Å². The molecular weight excluding hydrogens is 282 g/mol. The number of aliphatic hydroxyl groups is 1. The minimum Gasteiger partial charge on any atom is -1.00 e. The highest BCUT2D eigenvalue weighted by molar-refractivity contribution is 4.48. The Labute approximate surface area is 140 Å². The van der Waals surface area contributed by atoms with Crippen molar-refractivity contribution in [3.8, 4) is 0 Å². The molecule has 21 heavy (non-hydrogen) atoms. The molecule has 0 amide bonds. The topological polar surface area (TPSA) is 20.2 Å². The molecule has 0 spiro atoms. The summed E-state index contributed by atoms with van der Waals surface area (Å²) in [5.41, 5.74) is 0. The summed E-state index contributed by atoms with van der Waals surface area (Å²) in [7, 11) is 2.40. The quantitative estimate of drug-likeness (QED) is 0.360. The van der Waals surface area contributed by atoms with Crippen LogP contribution in [0, 0.1) is 0 Å². The van der Waals surface area contributed by atoms with Crippen molar-refractivity contribution in [2.24, 2.45) is 0 Å². The van der Waals surface area contributed by atoms with E-state index in [4.69, 9.17) is 5.11 Å². The molecule has 0 aromatic carbocycles. The molecule has 0 aromatic rings. The largest absolute Gasteiger partial charge is 1.00 e. The van der Waals surface area contributed by atoms with Crippen LogP contribution in [0.5, 0.6) is 0 Å². The van der Waals surface area contributed by atoms with Crippen molar-refractivity contribution in [2.45, 2.75) is 84.5 Å². The third kappa shape index (κ3) is 14.9. The molecule has 0 aromatic heterocycles. The first kappa shape index (κ1) is 23.5. The van der Waals surface area contributed by atoms with Crippen molar-refractivity contribution in [3.63, 3.8) is 0 Å². The molecule has 0 radical (unpaired) electrons. The summed E-state index contributed by atoms with van der Waals surface area (Å²) >= 11 is 0. The lowest BCUT2D eigenvalue weighted by molar-refractivity contribution is -0.910. The van der Waals surface area contributed by atoms with E-state index in [2.05, 4.69) is 20.9 Å². The Hall–Kier alpha value is 0.210. The van der Waals surface area contributed by atoms with Crippen LogP contribution in [0.2, 0.25) is 0 Å². The highest BCUT2D eigenvalue weighted by atomic mass is 35.5. The number of quaternary nitrogens is 1. The van der Waals surface area contributed by atoms with Gasteiger partial charge in [-0.1, -0.05) is 52.4 Å².